The molecule has 1 fully saturated rings. The number of nitrogens with one attached hydrogen (secondary N) is 3. The number of hydrogen-bond acceptors (Lipinski definition) is 3. The van der Waals surface area contributed by atoms with Crippen LogP contribution in [-0.4, -0.2) is 48.3 Å². The van der Waals surface area contributed by atoms with Crippen LogP contribution >= 0.6 is 0 Å². The number of hydrogen-bond donors (Lipinski definition) is 3. The third-order valence-corrected chi connectivity index (χ3v) is 7.51. The summed E-state index contributed by atoms with van der Waals surface area (Å²) in [4.78, 5) is 20.5. The number of likely N-dealkylation sites (tertiary alicyclic amines) is 1. The SMILES string of the molecule is Cc1[nH]c(S(=O)(=O)N[C@@H]2CCc3c([nH]c4ccccc34)C2)cc1C(=O)N1CCC1. The molecule has 1 saturated heterocycles. The molecule has 1 aliphatic carbocycles. The lowest BCUT2D eigenvalue weighted by Crippen LogP contribution is -2.42. The molecule has 0 radical (unpaired) electrons. The second kappa shape index (κ2) is 6.74. The summed E-state index contributed by atoms with van der Waals surface area (Å²) >= 11 is 0. The van der Waals surface area contributed by atoms with E-state index in [1.165, 1.54) is 17.0 Å². The standard InChI is InChI=1S/C21H24N4O3S/c1-13-17(21(26)25-9-4-10-25)12-20(22-13)29(27,28)24-14-7-8-16-15-5-2-3-6-18(15)23-19(16)11-14/h2-3,5-6,12,14,22-24H,4,7-11H2,1H3/t14-/m1/s1. The molecule has 2 aliphatic rings. The zero-order valence-corrected chi connectivity index (χ0v) is 17.1. The number of aromatic amines is 2. The van der Waals surface area contributed by atoms with Crippen LogP contribution < -0.4 is 4.72 Å². The molecule has 7 nitrogen and oxygen atoms in total. The van der Waals surface area contributed by atoms with Crippen molar-refractivity contribution < 1.29 is 13.2 Å². The molecular formula is C21H24N4O3S. The van der Waals surface area contributed by atoms with Gasteiger partial charge in [0.05, 0.1) is 5.56 Å². The van der Waals surface area contributed by atoms with Crippen LogP contribution in [0.3, 0.4) is 0 Å². The van der Waals surface area contributed by atoms with Gasteiger partial charge in [-0.05, 0) is 43.9 Å². The highest BCUT2D eigenvalue weighted by Crippen LogP contribution is 2.29. The van der Waals surface area contributed by atoms with Crippen molar-refractivity contribution in [1.82, 2.24) is 19.6 Å². The minimum absolute atomic E-state index is 0.0568. The van der Waals surface area contributed by atoms with E-state index in [2.05, 4.69) is 20.8 Å². The van der Waals surface area contributed by atoms with Gasteiger partial charge < -0.3 is 14.9 Å². The molecule has 1 atom stereocenters. The van der Waals surface area contributed by atoms with Gasteiger partial charge in [0.15, 0.2) is 0 Å². The minimum atomic E-state index is -3.73. The van der Waals surface area contributed by atoms with Gasteiger partial charge in [-0.15, -0.1) is 0 Å². The molecule has 3 heterocycles. The second-order valence-electron chi connectivity index (χ2n) is 8.01. The van der Waals surface area contributed by atoms with Gasteiger partial charge in [0, 0.05) is 47.8 Å². The molecule has 3 N–H and O–H groups in total. The number of fused-ring (bicyclic) bond motifs is 3. The van der Waals surface area contributed by atoms with E-state index in [0.717, 1.165) is 43.6 Å². The van der Waals surface area contributed by atoms with Crippen molar-refractivity contribution in [2.45, 2.75) is 43.7 Å². The number of aromatic nitrogens is 2. The third-order valence-electron chi connectivity index (χ3n) is 6.07. The van der Waals surface area contributed by atoms with Gasteiger partial charge in [0.2, 0.25) is 0 Å². The molecule has 1 aliphatic heterocycles. The summed E-state index contributed by atoms with van der Waals surface area (Å²) in [6.07, 6.45) is 3.20. The van der Waals surface area contributed by atoms with Crippen molar-refractivity contribution in [3.8, 4) is 0 Å². The highest BCUT2D eigenvalue weighted by atomic mass is 32.2. The molecule has 8 heteroatoms. The average Bonchev–Trinajstić information content (AvgIpc) is 3.20. The number of rotatable bonds is 4. The lowest BCUT2D eigenvalue weighted by Gasteiger charge is -2.30. The van der Waals surface area contributed by atoms with E-state index in [4.69, 9.17) is 0 Å². The number of H-pyrrole nitrogens is 2. The highest BCUT2D eigenvalue weighted by Gasteiger charge is 2.30. The smallest absolute Gasteiger partial charge is 0.256 e. The Balaban J connectivity index is 1.36. The van der Waals surface area contributed by atoms with Gasteiger partial charge >= 0.3 is 0 Å². The van der Waals surface area contributed by atoms with Gasteiger partial charge in [-0.2, -0.15) is 0 Å². The molecular weight excluding hydrogens is 388 g/mol. The van der Waals surface area contributed by atoms with Crippen molar-refractivity contribution in [2.24, 2.45) is 0 Å². The second-order valence-corrected chi connectivity index (χ2v) is 9.69. The molecule has 0 spiro atoms. The number of nitrogens with zero attached hydrogens (tertiary/aromatic N) is 1. The van der Waals surface area contributed by atoms with Crippen LogP contribution in [0.5, 0.6) is 0 Å². The number of sulfonamides is 1. The number of aryl methyl sites for hydroxylation is 2. The van der Waals surface area contributed by atoms with Crippen LogP contribution in [0.15, 0.2) is 35.4 Å². The molecule has 0 unspecified atom stereocenters. The van der Waals surface area contributed by atoms with Gasteiger partial charge in [-0.3, -0.25) is 4.79 Å². The Kier molecular flexibility index (Phi) is 4.29. The Bertz CT molecular complexity index is 1200. The Morgan fingerprint density at radius 2 is 2.00 bits per heavy atom. The van der Waals surface area contributed by atoms with E-state index < -0.39 is 10.0 Å². The summed E-state index contributed by atoms with van der Waals surface area (Å²) in [5, 5.41) is 1.28. The van der Waals surface area contributed by atoms with Crippen molar-refractivity contribution >= 4 is 26.8 Å². The van der Waals surface area contributed by atoms with Crippen LogP contribution in [0.2, 0.25) is 0 Å². The molecule has 3 aromatic rings. The summed E-state index contributed by atoms with van der Waals surface area (Å²) in [6, 6.07) is 9.46. The lowest BCUT2D eigenvalue weighted by molar-refractivity contribution is 0.0651. The predicted octanol–water partition coefficient (Wildman–Crippen LogP) is 2.49. The van der Waals surface area contributed by atoms with E-state index in [1.54, 1.807) is 11.8 Å². The first-order chi connectivity index (χ1) is 13.9. The number of carbonyl (C=O) groups excluding carboxylic acids is 1. The molecule has 0 saturated carbocycles. The quantitative estimate of drug-likeness (QED) is 0.614. The van der Waals surface area contributed by atoms with Crippen LogP contribution in [-0.2, 0) is 22.9 Å². The normalized spacial score (nSPS) is 19.2. The van der Waals surface area contributed by atoms with Crippen molar-refractivity contribution in [3.63, 3.8) is 0 Å². The monoisotopic (exact) mass is 412 g/mol. The zero-order valence-electron chi connectivity index (χ0n) is 16.3. The van der Waals surface area contributed by atoms with Gasteiger partial charge in [-0.1, -0.05) is 18.2 Å². The first-order valence-corrected chi connectivity index (χ1v) is 11.5. The Morgan fingerprint density at radius 1 is 1.21 bits per heavy atom. The number of amides is 1. The fourth-order valence-corrected chi connectivity index (χ4v) is 5.68. The average molecular weight is 413 g/mol. The molecule has 152 valence electrons. The van der Waals surface area contributed by atoms with Crippen LogP contribution in [0.25, 0.3) is 10.9 Å². The maximum atomic E-state index is 12.9. The largest absolute Gasteiger partial charge is 0.358 e. The third kappa shape index (κ3) is 3.16. The number of para-hydroxylation sites is 1. The predicted molar refractivity (Wildman–Crippen MR) is 110 cm³/mol. The zero-order chi connectivity index (χ0) is 20.2. The van der Waals surface area contributed by atoms with Gasteiger partial charge in [-0.25, -0.2) is 13.1 Å². The highest BCUT2D eigenvalue weighted by molar-refractivity contribution is 7.89. The maximum absolute atomic E-state index is 12.9. The van der Waals surface area contributed by atoms with Crippen LogP contribution in [0, 0.1) is 6.92 Å². The summed E-state index contributed by atoms with van der Waals surface area (Å²) in [6.45, 7) is 3.21. The van der Waals surface area contributed by atoms with E-state index in [1.807, 2.05) is 18.2 Å². The van der Waals surface area contributed by atoms with Crippen molar-refractivity contribution in [1.29, 1.82) is 0 Å². The molecule has 2 aromatic heterocycles. The molecule has 29 heavy (non-hydrogen) atoms. The Morgan fingerprint density at radius 3 is 2.76 bits per heavy atom. The van der Waals surface area contributed by atoms with E-state index in [-0.39, 0.29) is 17.0 Å². The summed E-state index contributed by atoms with van der Waals surface area (Å²) in [5.41, 5.74) is 4.50. The summed E-state index contributed by atoms with van der Waals surface area (Å²) < 4.78 is 28.7. The van der Waals surface area contributed by atoms with Crippen molar-refractivity contribution in [2.75, 3.05) is 13.1 Å². The van der Waals surface area contributed by atoms with Gasteiger partial charge in [0.1, 0.15) is 5.03 Å². The van der Waals surface area contributed by atoms with Crippen LogP contribution in [0.1, 0.15) is 40.2 Å². The van der Waals surface area contributed by atoms with E-state index in [9.17, 15) is 13.2 Å². The van der Waals surface area contributed by atoms with E-state index >= 15 is 0 Å². The van der Waals surface area contributed by atoms with E-state index in [0.29, 0.717) is 17.7 Å². The summed E-state index contributed by atoms with van der Waals surface area (Å²) in [5.74, 6) is -0.105. The Hall–Kier alpha value is -2.58. The molecule has 5 rings (SSSR count). The van der Waals surface area contributed by atoms with Gasteiger partial charge in [0.25, 0.3) is 15.9 Å². The Labute approximate surface area is 169 Å². The fraction of sp³-hybridized carbons (Fsp3) is 0.381. The molecule has 1 aromatic carbocycles. The molecule has 0 bridgehead atoms. The number of benzene rings is 1. The topological polar surface area (TPSA) is 98.1 Å². The van der Waals surface area contributed by atoms with Crippen LogP contribution in [0.4, 0.5) is 0 Å². The van der Waals surface area contributed by atoms with Crippen molar-refractivity contribution in [3.05, 3.63) is 52.8 Å². The summed E-state index contributed by atoms with van der Waals surface area (Å²) in [7, 11) is -3.73. The minimum Gasteiger partial charge on any atom is -0.358 e. The first-order valence-electron chi connectivity index (χ1n) is 10.0. The maximum Gasteiger partial charge on any atom is 0.256 e. The first kappa shape index (κ1) is 18.4. The lowest BCUT2D eigenvalue weighted by atomic mass is 9.92. The fourth-order valence-electron chi connectivity index (χ4n) is 4.35. The number of carbonyl (C=O) groups is 1. The molecule has 1 amide bonds.